The number of carbonyl (C=O) groups is 1. The molecule has 6 N–H and O–H groups in total. The molecule has 0 spiro atoms. The highest BCUT2D eigenvalue weighted by Crippen LogP contribution is 2.36. The fourth-order valence-corrected chi connectivity index (χ4v) is 2.52. The van der Waals surface area contributed by atoms with Crippen LogP contribution in [0.2, 0.25) is 0 Å². The first-order valence-electron chi connectivity index (χ1n) is 6.91. The third kappa shape index (κ3) is 2.88. The zero-order chi connectivity index (χ0) is 15.6. The Morgan fingerprint density at radius 3 is 2.45 bits per heavy atom. The van der Waals surface area contributed by atoms with Crippen LogP contribution in [-0.2, 0) is 9.53 Å². The van der Waals surface area contributed by atoms with E-state index in [0.29, 0.717) is 6.42 Å². The Kier molecular flexibility index (Phi) is 5.65. The molecule has 0 aromatic rings. The van der Waals surface area contributed by atoms with E-state index >= 15 is 0 Å². The Bertz CT molecular complexity index is 348. The molecular formula is C13H25NO6. The first-order chi connectivity index (χ1) is 9.22. The second-order valence-electron chi connectivity index (χ2n) is 5.51. The quantitative estimate of drug-likeness (QED) is 0.382. The SMILES string of the molecule is CCCCCC(=O)[C@@]1(N)[C@@H](O)[C@H](O)[C@@H](CO)OC1(C)O. The number of aliphatic hydroxyl groups is 4. The van der Waals surface area contributed by atoms with Crippen molar-refractivity contribution >= 4 is 5.78 Å². The molecule has 0 amide bonds. The highest BCUT2D eigenvalue weighted by molar-refractivity contribution is 5.90. The van der Waals surface area contributed by atoms with Crippen LogP contribution in [0.1, 0.15) is 39.5 Å². The number of ketones is 1. The molecule has 1 heterocycles. The first kappa shape index (κ1) is 17.5. The van der Waals surface area contributed by atoms with Crippen LogP contribution >= 0.6 is 0 Å². The maximum Gasteiger partial charge on any atom is 0.191 e. The van der Waals surface area contributed by atoms with E-state index < -0.39 is 42.0 Å². The van der Waals surface area contributed by atoms with Crippen molar-refractivity contribution in [3.63, 3.8) is 0 Å². The first-order valence-corrected chi connectivity index (χ1v) is 6.91. The lowest BCUT2D eigenvalue weighted by atomic mass is 9.74. The molecule has 0 bridgehead atoms. The maximum atomic E-state index is 12.3. The van der Waals surface area contributed by atoms with E-state index in [4.69, 9.17) is 15.6 Å². The van der Waals surface area contributed by atoms with Crippen molar-refractivity contribution in [1.82, 2.24) is 0 Å². The molecule has 1 rings (SSSR count). The summed E-state index contributed by atoms with van der Waals surface area (Å²) in [5, 5.41) is 39.3. The normalized spacial score (nSPS) is 41.6. The highest BCUT2D eigenvalue weighted by atomic mass is 16.6. The Labute approximate surface area is 118 Å². The van der Waals surface area contributed by atoms with Gasteiger partial charge in [-0.25, -0.2) is 0 Å². The Balaban J connectivity index is 2.96. The number of rotatable bonds is 6. The van der Waals surface area contributed by atoms with Crippen molar-refractivity contribution in [3.05, 3.63) is 0 Å². The van der Waals surface area contributed by atoms with Crippen LogP contribution in [0.3, 0.4) is 0 Å². The summed E-state index contributed by atoms with van der Waals surface area (Å²) in [6, 6.07) is 0. The van der Waals surface area contributed by atoms with Gasteiger partial charge in [-0.2, -0.15) is 0 Å². The van der Waals surface area contributed by atoms with E-state index in [9.17, 15) is 20.1 Å². The zero-order valence-corrected chi connectivity index (χ0v) is 12.0. The van der Waals surface area contributed by atoms with Crippen LogP contribution in [-0.4, -0.2) is 62.5 Å². The number of aliphatic hydroxyl groups excluding tert-OH is 3. The fraction of sp³-hybridized carbons (Fsp3) is 0.923. The summed E-state index contributed by atoms with van der Waals surface area (Å²) < 4.78 is 5.10. The molecular weight excluding hydrogens is 266 g/mol. The second-order valence-corrected chi connectivity index (χ2v) is 5.51. The van der Waals surface area contributed by atoms with E-state index in [1.807, 2.05) is 6.92 Å². The monoisotopic (exact) mass is 291 g/mol. The summed E-state index contributed by atoms with van der Waals surface area (Å²) in [5.41, 5.74) is 3.78. The molecule has 0 saturated carbocycles. The van der Waals surface area contributed by atoms with Gasteiger partial charge in [0, 0.05) is 6.42 Å². The summed E-state index contributed by atoms with van der Waals surface area (Å²) >= 11 is 0. The third-order valence-electron chi connectivity index (χ3n) is 3.97. The Hall–Kier alpha value is -0.570. The van der Waals surface area contributed by atoms with Gasteiger partial charge < -0.3 is 30.9 Å². The minimum atomic E-state index is -2.16. The van der Waals surface area contributed by atoms with Gasteiger partial charge in [-0.15, -0.1) is 0 Å². The Morgan fingerprint density at radius 1 is 1.35 bits per heavy atom. The predicted octanol–water partition coefficient (Wildman–Crippen LogP) is -1.35. The topological polar surface area (TPSA) is 133 Å². The van der Waals surface area contributed by atoms with Gasteiger partial charge in [0.25, 0.3) is 0 Å². The third-order valence-corrected chi connectivity index (χ3v) is 3.97. The van der Waals surface area contributed by atoms with E-state index in [-0.39, 0.29) is 6.42 Å². The standard InChI is InChI=1S/C13H25NO6/c1-3-4-5-6-9(16)13(14)11(18)10(17)8(7-15)20-12(13,2)19/h8,10-11,15,17-19H,3-7,14H2,1-2H3/t8-,10-,11+,12?,13-/m1/s1. The fourth-order valence-electron chi connectivity index (χ4n) is 2.52. The predicted molar refractivity (Wildman–Crippen MR) is 70.7 cm³/mol. The average Bonchev–Trinajstić information content (AvgIpc) is 2.40. The van der Waals surface area contributed by atoms with E-state index in [1.54, 1.807) is 0 Å². The molecule has 7 heteroatoms. The second kappa shape index (κ2) is 6.46. The number of hydrogen-bond donors (Lipinski definition) is 5. The van der Waals surface area contributed by atoms with Crippen LogP contribution in [0.15, 0.2) is 0 Å². The molecule has 0 aromatic heterocycles. The van der Waals surface area contributed by atoms with E-state index in [1.165, 1.54) is 0 Å². The van der Waals surface area contributed by atoms with Crippen molar-refractivity contribution < 1.29 is 30.0 Å². The van der Waals surface area contributed by atoms with Gasteiger partial charge in [0.15, 0.2) is 17.1 Å². The van der Waals surface area contributed by atoms with Crippen molar-refractivity contribution in [2.75, 3.05) is 6.61 Å². The highest BCUT2D eigenvalue weighted by Gasteiger charge is 2.63. The van der Waals surface area contributed by atoms with Crippen LogP contribution < -0.4 is 5.73 Å². The smallest absolute Gasteiger partial charge is 0.191 e. The molecule has 5 atom stereocenters. The lowest BCUT2D eigenvalue weighted by Gasteiger charge is -2.51. The lowest BCUT2D eigenvalue weighted by molar-refractivity contribution is -0.325. The zero-order valence-electron chi connectivity index (χ0n) is 12.0. The van der Waals surface area contributed by atoms with Gasteiger partial charge in [-0.3, -0.25) is 4.79 Å². The molecule has 1 saturated heterocycles. The number of Topliss-reactive ketones (excluding diaryl/α,β-unsaturated/α-hetero) is 1. The molecule has 1 aliphatic rings. The van der Waals surface area contributed by atoms with Crippen molar-refractivity contribution in [3.8, 4) is 0 Å². The lowest BCUT2D eigenvalue weighted by Crippen LogP contribution is -2.79. The van der Waals surface area contributed by atoms with Crippen LogP contribution in [0.4, 0.5) is 0 Å². The number of unbranched alkanes of at least 4 members (excludes halogenated alkanes) is 2. The van der Waals surface area contributed by atoms with Gasteiger partial charge >= 0.3 is 0 Å². The molecule has 0 aliphatic carbocycles. The molecule has 20 heavy (non-hydrogen) atoms. The van der Waals surface area contributed by atoms with E-state index in [2.05, 4.69) is 0 Å². The molecule has 1 unspecified atom stereocenters. The van der Waals surface area contributed by atoms with Crippen LogP contribution in [0, 0.1) is 0 Å². The van der Waals surface area contributed by atoms with Gasteiger partial charge in [0.05, 0.1) is 6.61 Å². The molecule has 1 aliphatic heterocycles. The average molecular weight is 291 g/mol. The van der Waals surface area contributed by atoms with Gasteiger partial charge in [0.1, 0.15) is 18.3 Å². The molecule has 7 nitrogen and oxygen atoms in total. The number of ether oxygens (including phenoxy) is 1. The Morgan fingerprint density at radius 2 is 1.95 bits per heavy atom. The molecule has 0 radical (unpaired) electrons. The minimum Gasteiger partial charge on any atom is -0.394 e. The molecule has 1 fully saturated rings. The summed E-state index contributed by atoms with van der Waals surface area (Å²) in [6.07, 6.45) is -2.05. The summed E-state index contributed by atoms with van der Waals surface area (Å²) in [6.45, 7) is 2.53. The van der Waals surface area contributed by atoms with E-state index in [0.717, 1.165) is 19.8 Å². The molecule has 118 valence electrons. The summed E-state index contributed by atoms with van der Waals surface area (Å²) in [4.78, 5) is 12.3. The molecule has 0 aromatic carbocycles. The number of nitrogens with two attached hydrogens (primary N) is 1. The van der Waals surface area contributed by atoms with Gasteiger partial charge in [0.2, 0.25) is 0 Å². The maximum absolute atomic E-state index is 12.3. The number of hydrogen-bond acceptors (Lipinski definition) is 7. The summed E-state index contributed by atoms with van der Waals surface area (Å²) in [7, 11) is 0. The van der Waals surface area contributed by atoms with Gasteiger partial charge in [-0.1, -0.05) is 19.8 Å². The van der Waals surface area contributed by atoms with Gasteiger partial charge in [-0.05, 0) is 13.3 Å². The minimum absolute atomic E-state index is 0.0808. The van der Waals surface area contributed by atoms with Crippen molar-refractivity contribution in [2.45, 2.75) is 69.2 Å². The van der Waals surface area contributed by atoms with Crippen molar-refractivity contribution in [1.29, 1.82) is 0 Å². The van der Waals surface area contributed by atoms with Crippen LogP contribution in [0.25, 0.3) is 0 Å². The van der Waals surface area contributed by atoms with Crippen LogP contribution in [0.5, 0.6) is 0 Å². The summed E-state index contributed by atoms with van der Waals surface area (Å²) in [5.74, 6) is -2.73. The largest absolute Gasteiger partial charge is 0.394 e. The number of carbonyl (C=O) groups excluding carboxylic acids is 1. The van der Waals surface area contributed by atoms with Crippen molar-refractivity contribution in [2.24, 2.45) is 5.73 Å².